The van der Waals surface area contributed by atoms with Crippen LogP contribution in [-0.2, 0) is 6.54 Å². The first-order valence-electron chi connectivity index (χ1n) is 10.3. The van der Waals surface area contributed by atoms with Crippen LogP contribution >= 0.6 is 0 Å². The Morgan fingerprint density at radius 3 is 2.23 bits per heavy atom. The second-order valence-corrected chi connectivity index (χ2v) is 7.43. The minimum Gasteiger partial charge on any atom is -0.497 e. The Morgan fingerprint density at radius 2 is 1.60 bits per heavy atom. The Bertz CT molecular complexity index is 964. The molecular weight excluding hydrogens is 376 g/mol. The molecular formula is C24H26N4O2. The molecule has 2 heterocycles. The van der Waals surface area contributed by atoms with E-state index in [9.17, 15) is 4.79 Å². The summed E-state index contributed by atoms with van der Waals surface area (Å²) in [6.45, 7) is 2.52. The molecule has 1 saturated heterocycles. The molecule has 0 radical (unpaired) electrons. The standard InChI is InChI=1S/C24H26N4O2/c1-30-22-11-5-18(6-12-22)15-25-23(29)20-9-7-19(8-10-20)21-16-26-24(27-17-21)28-13-3-2-4-14-28/h5-12,16-17H,2-4,13-15H2,1H3,(H,25,29). The third kappa shape index (κ3) is 4.76. The van der Waals surface area contributed by atoms with Crippen LogP contribution in [0.3, 0.4) is 0 Å². The predicted octanol–water partition coefficient (Wildman–Crippen LogP) is 4.07. The van der Waals surface area contributed by atoms with Gasteiger partial charge in [0.25, 0.3) is 5.91 Å². The van der Waals surface area contributed by atoms with Crippen molar-refractivity contribution in [1.29, 1.82) is 0 Å². The van der Waals surface area contributed by atoms with Crippen LogP contribution < -0.4 is 15.0 Å². The van der Waals surface area contributed by atoms with Crippen molar-refractivity contribution >= 4 is 11.9 Å². The van der Waals surface area contributed by atoms with Gasteiger partial charge in [-0.25, -0.2) is 9.97 Å². The SMILES string of the molecule is COc1ccc(CNC(=O)c2ccc(-c3cnc(N4CCCCC4)nc3)cc2)cc1. The van der Waals surface area contributed by atoms with E-state index in [4.69, 9.17) is 4.74 Å². The molecule has 6 heteroatoms. The van der Waals surface area contributed by atoms with Crippen molar-refractivity contribution in [1.82, 2.24) is 15.3 Å². The number of aromatic nitrogens is 2. The van der Waals surface area contributed by atoms with Crippen molar-refractivity contribution in [3.63, 3.8) is 0 Å². The molecule has 1 fully saturated rings. The predicted molar refractivity (Wildman–Crippen MR) is 118 cm³/mol. The average Bonchev–Trinajstić information content (AvgIpc) is 2.83. The zero-order valence-corrected chi connectivity index (χ0v) is 17.2. The van der Waals surface area contributed by atoms with Gasteiger partial charge in [0.2, 0.25) is 5.95 Å². The number of piperidine rings is 1. The van der Waals surface area contributed by atoms with Gasteiger partial charge < -0.3 is 15.0 Å². The van der Waals surface area contributed by atoms with Gasteiger partial charge in [0.15, 0.2) is 0 Å². The van der Waals surface area contributed by atoms with Crippen LogP contribution in [0.15, 0.2) is 60.9 Å². The van der Waals surface area contributed by atoms with Crippen molar-refractivity contribution in [3.8, 4) is 16.9 Å². The number of hydrogen-bond acceptors (Lipinski definition) is 5. The number of rotatable bonds is 6. The Morgan fingerprint density at radius 1 is 0.933 bits per heavy atom. The molecule has 1 aliphatic rings. The van der Waals surface area contributed by atoms with Gasteiger partial charge in [-0.2, -0.15) is 0 Å². The minimum atomic E-state index is -0.103. The van der Waals surface area contributed by atoms with E-state index in [2.05, 4.69) is 20.2 Å². The summed E-state index contributed by atoms with van der Waals surface area (Å²) in [7, 11) is 1.63. The van der Waals surface area contributed by atoms with Gasteiger partial charge in [0.05, 0.1) is 7.11 Å². The molecule has 1 N–H and O–H groups in total. The summed E-state index contributed by atoms with van der Waals surface area (Å²) in [5.41, 5.74) is 3.58. The summed E-state index contributed by atoms with van der Waals surface area (Å²) in [6, 6.07) is 15.2. The van der Waals surface area contributed by atoms with Crippen LogP contribution in [0.4, 0.5) is 5.95 Å². The van der Waals surface area contributed by atoms with E-state index in [1.54, 1.807) is 7.11 Å². The fourth-order valence-electron chi connectivity index (χ4n) is 3.57. The molecule has 1 aliphatic heterocycles. The fourth-order valence-corrected chi connectivity index (χ4v) is 3.57. The highest BCUT2D eigenvalue weighted by molar-refractivity contribution is 5.94. The molecule has 30 heavy (non-hydrogen) atoms. The zero-order valence-electron chi connectivity index (χ0n) is 17.2. The van der Waals surface area contributed by atoms with Crippen LogP contribution in [-0.4, -0.2) is 36.1 Å². The van der Waals surface area contributed by atoms with Crippen molar-refractivity contribution in [2.45, 2.75) is 25.8 Å². The second kappa shape index (κ2) is 9.39. The maximum atomic E-state index is 12.4. The lowest BCUT2D eigenvalue weighted by Gasteiger charge is -2.26. The van der Waals surface area contributed by atoms with Gasteiger partial charge in [0.1, 0.15) is 5.75 Å². The number of benzene rings is 2. The molecule has 3 aromatic rings. The zero-order chi connectivity index (χ0) is 20.8. The van der Waals surface area contributed by atoms with E-state index < -0.39 is 0 Å². The summed E-state index contributed by atoms with van der Waals surface area (Å²) in [4.78, 5) is 23.8. The van der Waals surface area contributed by atoms with Crippen LogP contribution in [0.5, 0.6) is 5.75 Å². The van der Waals surface area contributed by atoms with Crippen molar-refractivity contribution in [2.24, 2.45) is 0 Å². The normalized spacial score (nSPS) is 13.7. The molecule has 1 aromatic heterocycles. The summed E-state index contributed by atoms with van der Waals surface area (Å²) < 4.78 is 5.15. The molecule has 0 spiro atoms. The number of nitrogens with zero attached hydrogens (tertiary/aromatic N) is 3. The van der Waals surface area contributed by atoms with E-state index in [1.807, 2.05) is 60.9 Å². The molecule has 0 aliphatic carbocycles. The Kier molecular flexibility index (Phi) is 6.23. The summed E-state index contributed by atoms with van der Waals surface area (Å²) in [5, 5.41) is 2.95. The minimum absolute atomic E-state index is 0.103. The molecule has 1 amide bonds. The van der Waals surface area contributed by atoms with Crippen LogP contribution in [0.2, 0.25) is 0 Å². The number of nitrogens with one attached hydrogen (secondary N) is 1. The van der Waals surface area contributed by atoms with Crippen LogP contribution in [0, 0.1) is 0 Å². The number of anilines is 1. The first kappa shape index (κ1) is 19.9. The molecule has 4 rings (SSSR count). The Balaban J connectivity index is 1.36. The molecule has 0 unspecified atom stereocenters. The lowest BCUT2D eigenvalue weighted by molar-refractivity contribution is 0.0951. The van der Waals surface area contributed by atoms with Crippen LogP contribution in [0.25, 0.3) is 11.1 Å². The topological polar surface area (TPSA) is 67.3 Å². The van der Waals surface area contributed by atoms with Gasteiger partial charge in [-0.15, -0.1) is 0 Å². The lowest BCUT2D eigenvalue weighted by Crippen LogP contribution is -2.30. The molecule has 6 nitrogen and oxygen atoms in total. The fraction of sp³-hybridized carbons (Fsp3) is 0.292. The highest BCUT2D eigenvalue weighted by Crippen LogP contribution is 2.21. The number of ether oxygens (including phenoxy) is 1. The van der Waals surface area contributed by atoms with Gasteiger partial charge in [-0.05, 0) is 54.7 Å². The number of carbonyl (C=O) groups excluding carboxylic acids is 1. The quantitative estimate of drug-likeness (QED) is 0.673. The molecule has 0 atom stereocenters. The van der Waals surface area contributed by atoms with E-state index in [0.717, 1.165) is 41.5 Å². The van der Waals surface area contributed by atoms with E-state index in [-0.39, 0.29) is 5.91 Å². The third-order valence-electron chi connectivity index (χ3n) is 5.37. The highest BCUT2D eigenvalue weighted by atomic mass is 16.5. The summed E-state index contributed by atoms with van der Waals surface area (Å²) in [5.74, 6) is 1.50. The summed E-state index contributed by atoms with van der Waals surface area (Å²) >= 11 is 0. The second-order valence-electron chi connectivity index (χ2n) is 7.43. The Labute approximate surface area is 176 Å². The smallest absolute Gasteiger partial charge is 0.251 e. The Hall–Kier alpha value is -3.41. The lowest BCUT2D eigenvalue weighted by atomic mass is 10.1. The number of hydrogen-bond donors (Lipinski definition) is 1. The van der Waals surface area contributed by atoms with Crippen LogP contribution in [0.1, 0.15) is 35.2 Å². The van der Waals surface area contributed by atoms with E-state index in [1.165, 1.54) is 19.3 Å². The first-order chi connectivity index (χ1) is 14.7. The van der Waals surface area contributed by atoms with Crippen molar-refractivity contribution in [2.75, 3.05) is 25.1 Å². The van der Waals surface area contributed by atoms with Crippen molar-refractivity contribution < 1.29 is 9.53 Å². The molecule has 2 aromatic carbocycles. The number of carbonyl (C=O) groups is 1. The van der Waals surface area contributed by atoms with Gasteiger partial charge in [-0.3, -0.25) is 4.79 Å². The highest BCUT2D eigenvalue weighted by Gasteiger charge is 2.13. The molecule has 0 saturated carbocycles. The first-order valence-corrected chi connectivity index (χ1v) is 10.3. The van der Waals surface area contributed by atoms with Gasteiger partial charge >= 0.3 is 0 Å². The maximum Gasteiger partial charge on any atom is 0.251 e. The van der Waals surface area contributed by atoms with Crippen molar-refractivity contribution in [3.05, 3.63) is 72.1 Å². The van der Waals surface area contributed by atoms with Gasteiger partial charge in [0, 0.05) is 43.2 Å². The van der Waals surface area contributed by atoms with E-state index in [0.29, 0.717) is 12.1 Å². The number of methoxy groups -OCH3 is 1. The van der Waals surface area contributed by atoms with Gasteiger partial charge in [-0.1, -0.05) is 24.3 Å². The average molecular weight is 402 g/mol. The monoisotopic (exact) mass is 402 g/mol. The maximum absolute atomic E-state index is 12.4. The summed E-state index contributed by atoms with van der Waals surface area (Å²) in [6.07, 6.45) is 7.40. The largest absolute Gasteiger partial charge is 0.497 e. The molecule has 0 bridgehead atoms. The number of amides is 1. The third-order valence-corrected chi connectivity index (χ3v) is 5.37. The molecule has 154 valence electrons. The van der Waals surface area contributed by atoms with E-state index >= 15 is 0 Å².